The monoisotopic (exact) mass is 484 g/mol. The minimum absolute atomic E-state index is 0.0464. The van der Waals surface area contributed by atoms with Crippen LogP contribution in [-0.2, 0) is 35.7 Å². The van der Waals surface area contributed by atoms with Gasteiger partial charge in [-0.2, -0.15) is 4.31 Å². The molecule has 1 heterocycles. The fraction of sp³-hybridized carbons (Fsp3) is 0.591. The SMILES string of the molecule is CC(C)(CO)[C@@H](O)C(=O)CCCC(=O)C(=O)NCc1ccc(S(=O)(=O)N2CCOCC2)cc1. The number of nitrogens with zero attached hydrogens (tertiary/aromatic N) is 1. The molecule has 1 atom stereocenters. The van der Waals surface area contributed by atoms with Crippen molar-refractivity contribution in [2.75, 3.05) is 32.9 Å². The van der Waals surface area contributed by atoms with E-state index in [2.05, 4.69) is 5.32 Å². The van der Waals surface area contributed by atoms with Crippen molar-refractivity contribution in [3.63, 3.8) is 0 Å². The van der Waals surface area contributed by atoms with Crippen molar-refractivity contribution in [1.29, 1.82) is 0 Å². The molecule has 0 bridgehead atoms. The summed E-state index contributed by atoms with van der Waals surface area (Å²) in [5.41, 5.74) is -0.350. The second-order valence-corrected chi connectivity index (χ2v) is 10.6. The van der Waals surface area contributed by atoms with Crippen molar-refractivity contribution in [3.05, 3.63) is 29.8 Å². The van der Waals surface area contributed by atoms with Gasteiger partial charge in [0.25, 0.3) is 5.91 Å². The summed E-state index contributed by atoms with van der Waals surface area (Å²) in [4.78, 5) is 36.2. The van der Waals surface area contributed by atoms with Gasteiger partial charge in [-0.25, -0.2) is 8.42 Å². The second kappa shape index (κ2) is 11.8. The van der Waals surface area contributed by atoms with Crippen LogP contribution in [0.5, 0.6) is 0 Å². The number of ether oxygens (including phenoxy) is 1. The Bertz CT molecular complexity index is 938. The summed E-state index contributed by atoms with van der Waals surface area (Å²) in [7, 11) is -3.61. The number of aliphatic hydroxyl groups excluding tert-OH is 2. The number of hydrogen-bond donors (Lipinski definition) is 3. The molecule has 0 aliphatic carbocycles. The Morgan fingerprint density at radius 2 is 1.73 bits per heavy atom. The van der Waals surface area contributed by atoms with Crippen molar-refractivity contribution in [1.82, 2.24) is 9.62 Å². The third-order valence-corrected chi connectivity index (χ3v) is 7.43. The van der Waals surface area contributed by atoms with Crippen LogP contribution in [0.15, 0.2) is 29.2 Å². The summed E-state index contributed by atoms with van der Waals surface area (Å²) in [5.74, 6) is -1.98. The van der Waals surface area contributed by atoms with E-state index in [0.717, 1.165) is 0 Å². The van der Waals surface area contributed by atoms with Crippen LogP contribution in [0.3, 0.4) is 0 Å². The van der Waals surface area contributed by atoms with Crippen molar-refractivity contribution < 1.29 is 37.8 Å². The highest BCUT2D eigenvalue weighted by molar-refractivity contribution is 7.89. The average Bonchev–Trinajstić information content (AvgIpc) is 2.82. The molecule has 1 aromatic rings. The first-order chi connectivity index (χ1) is 15.5. The zero-order valence-corrected chi connectivity index (χ0v) is 19.8. The highest BCUT2D eigenvalue weighted by Gasteiger charge is 2.32. The number of Topliss-reactive ketones (excluding diaryl/α,β-unsaturated/α-hetero) is 2. The van der Waals surface area contributed by atoms with Crippen LogP contribution in [0, 0.1) is 5.41 Å². The van der Waals surface area contributed by atoms with E-state index < -0.39 is 39.0 Å². The molecule has 33 heavy (non-hydrogen) atoms. The van der Waals surface area contributed by atoms with E-state index in [1.165, 1.54) is 16.4 Å². The molecular formula is C22H32N2O8S. The molecule has 1 saturated heterocycles. The number of benzene rings is 1. The van der Waals surface area contributed by atoms with Crippen LogP contribution < -0.4 is 5.32 Å². The zero-order chi connectivity index (χ0) is 24.6. The largest absolute Gasteiger partial charge is 0.396 e. The van der Waals surface area contributed by atoms with Crippen LogP contribution in [0.4, 0.5) is 0 Å². The number of amides is 1. The molecule has 0 radical (unpaired) electrons. The molecule has 1 amide bonds. The Morgan fingerprint density at radius 3 is 2.30 bits per heavy atom. The predicted molar refractivity (Wildman–Crippen MR) is 119 cm³/mol. The van der Waals surface area contributed by atoms with Gasteiger partial charge in [0.2, 0.25) is 15.8 Å². The summed E-state index contributed by atoms with van der Waals surface area (Å²) in [6.07, 6.45) is -1.47. The molecule has 10 nitrogen and oxygen atoms in total. The predicted octanol–water partition coefficient (Wildman–Crippen LogP) is 0.0116. The number of nitrogens with one attached hydrogen (secondary N) is 1. The van der Waals surface area contributed by atoms with Crippen LogP contribution in [0.1, 0.15) is 38.7 Å². The topological polar surface area (TPSA) is 150 Å². The van der Waals surface area contributed by atoms with Crippen LogP contribution in [-0.4, -0.2) is 79.4 Å². The Labute approximate surface area is 194 Å². The Morgan fingerprint density at radius 1 is 1.12 bits per heavy atom. The van der Waals surface area contributed by atoms with Gasteiger partial charge >= 0.3 is 0 Å². The van der Waals surface area contributed by atoms with E-state index in [4.69, 9.17) is 4.74 Å². The lowest BCUT2D eigenvalue weighted by Gasteiger charge is -2.26. The molecule has 11 heteroatoms. The number of morpholine rings is 1. The number of rotatable bonds is 12. The number of carbonyl (C=O) groups is 3. The van der Waals surface area contributed by atoms with Gasteiger partial charge in [0.05, 0.1) is 24.7 Å². The van der Waals surface area contributed by atoms with Crippen molar-refractivity contribution in [2.24, 2.45) is 5.41 Å². The summed E-state index contributed by atoms with van der Waals surface area (Å²) < 4.78 is 31.8. The lowest BCUT2D eigenvalue weighted by Crippen LogP contribution is -2.40. The summed E-state index contributed by atoms with van der Waals surface area (Å²) in [6.45, 7) is 4.10. The fourth-order valence-electron chi connectivity index (χ4n) is 3.19. The van der Waals surface area contributed by atoms with Gasteiger partial charge in [-0.3, -0.25) is 14.4 Å². The standard InChI is InChI=1S/C22H32N2O8S/c1-22(2,15-25)20(28)18(26)4-3-5-19(27)21(29)23-14-16-6-8-17(9-7-16)33(30,31)24-10-12-32-13-11-24/h6-9,20,25,28H,3-5,10-15H2,1-2H3,(H,23,29)/t20-/m0/s1. The first kappa shape index (κ1) is 27.1. The van der Waals surface area contributed by atoms with E-state index in [0.29, 0.717) is 31.9 Å². The van der Waals surface area contributed by atoms with E-state index in [1.54, 1.807) is 26.0 Å². The Hall–Kier alpha value is -2.18. The minimum Gasteiger partial charge on any atom is -0.396 e. The molecule has 2 rings (SSSR count). The molecule has 1 aromatic carbocycles. The van der Waals surface area contributed by atoms with Gasteiger partial charge in [0.1, 0.15) is 6.10 Å². The van der Waals surface area contributed by atoms with Gasteiger partial charge < -0.3 is 20.3 Å². The molecule has 184 valence electrons. The zero-order valence-electron chi connectivity index (χ0n) is 19.0. The van der Waals surface area contributed by atoms with Gasteiger partial charge in [-0.15, -0.1) is 0 Å². The van der Waals surface area contributed by atoms with Gasteiger partial charge in [-0.1, -0.05) is 26.0 Å². The molecular weight excluding hydrogens is 452 g/mol. The molecule has 0 spiro atoms. The molecule has 3 N–H and O–H groups in total. The van der Waals surface area contributed by atoms with Crippen molar-refractivity contribution >= 4 is 27.5 Å². The number of hydrogen-bond acceptors (Lipinski definition) is 8. The lowest BCUT2D eigenvalue weighted by atomic mass is 9.84. The number of sulfonamides is 1. The van der Waals surface area contributed by atoms with E-state index in [-0.39, 0.29) is 37.3 Å². The van der Waals surface area contributed by atoms with Crippen LogP contribution in [0.2, 0.25) is 0 Å². The van der Waals surface area contributed by atoms with E-state index in [1.807, 2.05) is 0 Å². The van der Waals surface area contributed by atoms with Crippen molar-refractivity contribution in [2.45, 2.75) is 50.7 Å². The van der Waals surface area contributed by atoms with Gasteiger partial charge in [0.15, 0.2) is 5.78 Å². The summed E-state index contributed by atoms with van der Waals surface area (Å²) in [6, 6.07) is 6.06. The van der Waals surface area contributed by atoms with Crippen LogP contribution in [0.25, 0.3) is 0 Å². The normalized spacial score (nSPS) is 16.2. The summed E-state index contributed by atoms with van der Waals surface area (Å²) >= 11 is 0. The highest BCUT2D eigenvalue weighted by Crippen LogP contribution is 2.22. The molecule has 1 aliphatic heterocycles. The number of aliphatic hydroxyl groups is 2. The van der Waals surface area contributed by atoms with Crippen molar-refractivity contribution in [3.8, 4) is 0 Å². The summed E-state index contributed by atoms with van der Waals surface area (Å²) in [5, 5.41) is 21.6. The van der Waals surface area contributed by atoms with E-state index >= 15 is 0 Å². The Kier molecular flexibility index (Phi) is 9.68. The molecule has 1 fully saturated rings. The fourth-order valence-corrected chi connectivity index (χ4v) is 4.60. The maximum Gasteiger partial charge on any atom is 0.287 e. The lowest BCUT2D eigenvalue weighted by molar-refractivity contribution is -0.138. The third-order valence-electron chi connectivity index (χ3n) is 5.52. The quantitative estimate of drug-likeness (QED) is 0.351. The first-order valence-electron chi connectivity index (χ1n) is 10.8. The molecule has 0 saturated carbocycles. The smallest absolute Gasteiger partial charge is 0.287 e. The Balaban J connectivity index is 1.79. The first-order valence-corrected chi connectivity index (χ1v) is 12.2. The number of carbonyl (C=O) groups excluding carboxylic acids is 3. The minimum atomic E-state index is -3.61. The highest BCUT2D eigenvalue weighted by atomic mass is 32.2. The van der Waals surface area contributed by atoms with Gasteiger partial charge in [-0.05, 0) is 24.1 Å². The second-order valence-electron chi connectivity index (χ2n) is 8.64. The maximum atomic E-state index is 12.6. The van der Waals surface area contributed by atoms with Crippen LogP contribution >= 0.6 is 0 Å². The molecule has 0 unspecified atom stereocenters. The maximum absolute atomic E-state index is 12.6. The number of ketones is 2. The molecule has 1 aliphatic rings. The van der Waals surface area contributed by atoms with Gasteiger partial charge in [0, 0.05) is 37.9 Å². The average molecular weight is 485 g/mol. The van der Waals surface area contributed by atoms with E-state index in [9.17, 15) is 33.0 Å². The third kappa shape index (κ3) is 7.41. The molecule has 0 aromatic heterocycles.